The first-order valence-electron chi connectivity index (χ1n) is 5.94. The molecule has 1 fully saturated rings. The van der Waals surface area contributed by atoms with E-state index in [4.69, 9.17) is 10.5 Å². The van der Waals surface area contributed by atoms with Gasteiger partial charge < -0.3 is 20.7 Å². The lowest BCUT2D eigenvalue weighted by molar-refractivity contribution is -0.0437. The zero-order valence-corrected chi connectivity index (χ0v) is 13.9. The highest BCUT2D eigenvalue weighted by atomic mass is 127. The van der Waals surface area contributed by atoms with Crippen molar-refractivity contribution in [3.05, 3.63) is 14.5 Å². The van der Waals surface area contributed by atoms with E-state index in [0.29, 0.717) is 17.9 Å². The molecule has 0 amide bonds. The average Bonchev–Trinajstić information content (AvgIpc) is 2.90. The molecule has 3 rings (SSSR count). The van der Waals surface area contributed by atoms with Crippen molar-refractivity contribution in [3.63, 3.8) is 0 Å². The summed E-state index contributed by atoms with van der Waals surface area (Å²) in [5.74, 6) is 0.399. The van der Waals surface area contributed by atoms with Gasteiger partial charge in [0.1, 0.15) is 34.7 Å². The van der Waals surface area contributed by atoms with Gasteiger partial charge in [0.15, 0.2) is 0 Å². The van der Waals surface area contributed by atoms with Crippen LogP contribution in [0.1, 0.15) is 12.6 Å². The van der Waals surface area contributed by atoms with Gasteiger partial charge in [-0.05, 0) is 38.5 Å². The first-order chi connectivity index (χ1) is 9.54. The van der Waals surface area contributed by atoms with Gasteiger partial charge in [0.05, 0.1) is 21.7 Å². The van der Waals surface area contributed by atoms with Crippen LogP contribution in [-0.4, -0.2) is 43.6 Å². The minimum atomic E-state index is -0.703. The van der Waals surface area contributed by atoms with Crippen molar-refractivity contribution < 1.29 is 14.9 Å². The van der Waals surface area contributed by atoms with Gasteiger partial charge in [-0.3, -0.25) is 4.57 Å². The van der Waals surface area contributed by atoms with E-state index in [-0.39, 0.29) is 6.61 Å². The Balaban J connectivity index is 2.13. The zero-order chi connectivity index (χ0) is 14.4. The molecule has 3 atom stereocenters. The Morgan fingerprint density at radius 2 is 2.30 bits per heavy atom. The Morgan fingerprint density at radius 3 is 2.95 bits per heavy atom. The van der Waals surface area contributed by atoms with Crippen molar-refractivity contribution >= 4 is 55.4 Å². The molecular formula is C11H12BrIN4O3. The highest BCUT2D eigenvalue weighted by molar-refractivity contribution is 14.1. The summed E-state index contributed by atoms with van der Waals surface area (Å²) in [6.45, 7) is -0.220. The van der Waals surface area contributed by atoms with E-state index in [2.05, 4.69) is 48.5 Å². The number of nitrogens with two attached hydrogens (primary N) is 1. The Hall–Kier alpha value is -0.490. The Labute approximate surface area is 136 Å². The molecule has 0 aromatic carbocycles. The van der Waals surface area contributed by atoms with Crippen LogP contribution in [0.4, 0.5) is 5.82 Å². The quantitative estimate of drug-likeness (QED) is 0.585. The summed E-state index contributed by atoms with van der Waals surface area (Å²) in [6, 6.07) is 0. The molecular weight excluding hydrogens is 443 g/mol. The maximum absolute atomic E-state index is 9.87. The number of fused-ring (bicyclic) bond motifs is 1. The number of aliphatic hydroxyl groups excluding tert-OH is 2. The number of aliphatic hydroxyl groups is 2. The van der Waals surface area contributed by atoms with Gasteiger partial charge in [-0.2, -0.15) is 0 Å². The fourth-order valence-corrected chi connectivity index (χ4v) is 3.76. The van der Waals surface area contributed by atoms with Gasteiger partial charge in [0.25, 0.3) is 0 Å². The number of aromatic nitrogens is 3. The molecule has 4 N–H and O–H groups in total. The van der Waals surface area contributed by atoms with Gasteiger partial charge in [-0.15, -0.1) is 0 Å². The first kappa shape index (κ1) is 14.4. The van der Waals surface area contributed by atoms with Crippen LogP contribution in [0.5, 0.6) is 0 Å². The molecule has 9 heteroatoms. The standard InChI is InChI=1S/C11H12BrIN4O3/c12-9-8(13)7-10(14)15-3-16-11(7)17(9)6-1-4(19)5(2-18)20-6/h3-6,18-19H,1-2H2,(H2,14,15,16)/t4-,5+,6-/m0/s1. The van der Waals surface area contributed by atoms with Crippen molar-refractivity contribution in [1.29, 1.82) is 0 Å². The van der Waals surface area contributed by atoms with Crippen molar-refractivity contribution in [3.8, 4) is 0 Å². The van der Waals surface area contributed by atoms with Crippen LogP contribution in [-0.2, 0) is 4.74 Å². The van der Waals surface area contributed by atoms with E-state index in [1.54, 1.807) is 0 Å². The maximum atomic E-state index is 9.87. The molecule has 0 aliphatic carbocycles. The molecule has 0 spiro atoms. The van der Waals surface area contributed by atoms with E-state index >= 15 is 0 Å². The molecule has 1 aliphatic rings. The van der Waals surface area contributed by atoms with Gasteiger partial charge in [-0.1, -0.05) is 0 Å². The topological polar surface area (TPSA) is 106 Å². The van der Waals surface area contributed by atoms with Crippen molar-refractivity contribution in [1.82, 2.24) is 14.5 Å². The van der Waals surface area contributed by atoms with E-state index in [1.165, 1.54) is 6.33 Å². The van der Waals surface area contributed by atoms with Crippen LogP contribution >= 0.6 is 38.5 Å². The fourth-order valence-electron chi connectivity index (χ4n) is 2.38. The lowest BCUT2D eigenvalue weighted by Gasteiger charge is -2.15. The summed E-state index contributed by atoms with van der Waals surface area (Å²) in [4.78, 5) is 8.25. The third-order valence-corrected chi connectivity index (χ3v) is 5.94. The minimum Gasteiger partial charge on any atom is -0.394 e. The van der Waals surface area contributed by atoms with Crippen LogP contribution in [0.2, 0.25) is 0 Å². The predicted octanol–water partition coefficient (Wildman–Crippen LogP) is 1.02. The SMILES string of the molecule is Nc1ncnc2c1c(I)c(Br)n2[C@@H]1C[C@H](O)[C@@H](CO)O1. The number of hydrogen-bond donors (Lipinski definition) is 3. The van der Waals surface area contributed by atoms with E-state index < -0.39 is 18.4 Å². The van der Waals surface area contributed by atoms with Crippen LogP contribution < -0.4 is 5.73 Å². The lowest BCUT2D eigenvalue weighted by atomic mass is 10.2. The zero-order valence-electron chi connectivity index (χ0n) is 10.2. The summed E-state index contributed by atoms with van der Waals surface area (Å²) in [5, 5.41) is 19.8. The van der Waals surface area contributed by atoms with Crippen LogP contribution in [0.15, 0.2) is 10.9 Å². The molecule has 2 aromatic heterocycles. The summed E-state index contributed by atoms with van der Waals surface area (Å²) in [7, 11) is 0. The number of rotatable bonds is 2. The number of nitrogen functional groups attached to an aromatic ring is 1. The van der Waals surface area contributed by atoms with Gasteiger partial charge >= 0.3 is 0 Å². The van der Waals surface area contributed by atoms with Crippen molar-refractivity contribution in [2.75, 3.05) is 12.3 Å². The maximum Gasteiger partial charge on any atom is 0.149 e. The van der Waals surface area contributed by atoms with Crippen LogP contribution in [0.3, 0.4) is 0 Å². The van der Waals surface area contributed by atoms with Crippen LogP contribution in [0.25, 0.3) is 11.0 Å². The number of nitrogens with zero attached hydrogens (tertiary/aromatic N) is 3. The molecule has 0 radical (unpaired) electrons. The van der Waals surface area contributed by atoms with E-state index in [9.17, 15) is 10.2 Å². The van der Waals surface area contributed by atoms with E-state index in [1.807, 2.05) is 4.57 Å². The largest absolute Gasteiger partial charge is 0.394 e. The first-order valence-corrected chi connectivity index (χ1v) is 7.81. The molecule has 0 bridgehead atoms. The average molecular weight is 455 g/mol. The number of hydrogen-bond acceptors (Lipinski definition) is 6. The fraction of sp³-hybridized carbons (Fsp3) is 0.455. The second-order valence-electron chi connectivity index (χ2n) is 4.55. The highest BCUT2D eigenvalue weighted by Crippen LogP contribution is 2.39. The molecule has 3 heterocycles. The minimum absolute atomic E-state index is 0.220. The monoisotopic (exact) mass is 454 g/mol. The van der Waals surface area contributed by atoms with Crippen LogP contribution in [0, 0.1) is 3.57 Å². The van der Waals surface area contributed by atoms with Gasteiger partial charge in [0, 0.05) is 6.42 Å². The van der Waals surface area contributed by atoms with Crippen molar-refractivity contribution in [2.24, 2.45) is 0 Å². The number of halogens is 2. The summed E-state index contributed by atoms with van der Waals surface area (Å²) in [6.07, 6.45) is 0.0864. The highest BCUT2D eigenvalue weighted by Gasteiger charge is 2.36. The van der Waals surface area contributed by atoms with E-state index in [0.717, 1.165) is 13.6 Å². The Kier molecular flexibility index (Phi) is 3.88. The normalized spacial score (nSPS) is 26.5. The molecule has 108 valence electrons. The van der Waals surface area contributed by atoms with Gasteiger partial charge in [-0.25, -0.2) is 9.97 Å². The Bertz CT molecular complexity index is 665. The van der Waals surface area contributed by atoms with Gasteiger partial charge in [0.2, 0.25) is 0 Å². The summed E-state index contributed by atoms with van der Waals surface area (Å²) in [5.41, 5.74) is 6.54. The number of ether oxygens (including phenoxy) is 1. The van der Waals surface area contributed by atoms with Crippen molar-refractivity contribution in [2.45, 2.75) is 24.9 Å². The molecule has 1 aliphatic heterocycles. The molecule has 20 heavy (non-hydrogen) atoms. The molecule has 2 aromatic rings. The second-order valence-corrected chi connectivity index (χ2v) is 6.38. The lowest BCUT2D eigenvalue weighted by Crippen LogP contribution is -2.24. The number of anilines is 1. The molecule has 0 saturated carbocycles. The predicted molar refractivity (Wildman–Crippen MR) is 84.0 cm³/mol. The molecule has 0 unspecified atom stereocenters. The molecule has 7 nitrogen and oxygen atoms in total. The Morgan fingerprint density at radius 1 is 1.55 bits per heavy atom. The second kappa shape index (κ2) is 5.37. The third-order valence-electron chi connectivity index (χ3n) is 3.37. The molecule has 1 saturated heterocycles. The summed E-state index contributed by atoms with van der Waals surface area (Å²) < 4.78 is 9.17. The summed E-state index contributed by atoms with van der Waals surface area (Å²) >= 11 is 5.67. The third kappa shape index (κ3) is 2.11. The smallest absolute Gasteiger partial charge is 0.149 e.